The summed E-state index contributed by atoms with van der Waals surface area (Å²) in [5.74, 6) is -0.724. The Balaban J connectivity index is 1.62. The Morgan fingerprint density at radius 1 is 1.06 bits per heavy atom. The van der Waals surface area contributed by atoms with Crippen molar-refractivity contribution in [2.24, 2.45) is 0 Å². The Kier molecular flexibility index (Phi) is 7.01. The van der Waals surface area contributed by atoms with E-state index in [4.69, 9.17) is 0 Å². The lowest BCUT2D eigenvalue weighted by atomic mass is 10.1. The number of hydrogen-bond donors (Lipinski definition) is 2. The number of nitrogens with zero attached hydrogens (tertiary/aromatic N) is 2. The number of halogens is 3. The minimum absolute atomic E-state index is 0.0251. The summed E-state index contributed by atoms with van der Waals surface area (Å²) in [6, 6.07) is 10.5. The molecule has 0 unspecified atom stereocenters. The van der Waals surface area contributed by atoms with Gasteiger partial charge in [0, 0.05) is 35.9 Å². The Bertz CT molecular complexity index is 1080. The number of aromatic nitrogens is 2. The number of anilines is 2. The van der Waals surface area contributed by atoms with Crippen molar-refractivity contribution in [3.63, 3.8) is 0 Å². The molecule has 2 aromatic carbocycles. The van der Waals surface area contributed by atoms with Crippen LogP contribution in [0.25, 0.3) is 0 Å². The number of rotatable bonds is 7. The lowest BCUT2D eigenvalue weighted by molar-refractivity contribution is -0.137. The maximum atomic E-state index is 12.8. The molecule has 0 saturated carbocycles. The quantitative estimate of drug-likeness (QED) is 0.504. The number of alkyl halides is 3. The summed E-state index contributed by atoms with van der Waals surface area (Å²) in [7, 11) is 0. The lowest BCUT2D eigenvalue weighted by Gasteiger charge is -2.11. The molecule has 0 spiro atoms. The van der Waals surface area contributed by atoms with Crippen molar-refractivity contribution in [2.45, 2.75) is 24.8 Å². The van der Waals surface area contributed by atoms with E-state index in [2.05, 4.69) is 15.6 Å². The molecule has 2 amide bonds. The number of carbonyl (C=O) groups excluding carboxylic acids is 2. The second-order valence-corrected chi connectivity index (χ2v) is 7.39. The van der Waals surface area contributed by atoms with E-state index < -0.39 is 17.6 Å². The van der Waals surface area contributed by atoms with Gasteiger partial charge in [0.05, 0.1) is 11.3 Å². The number of nitrogens with one attached hydrogen (secondary N) is 2. The highest BCUT2D eigenvalue weighted by atomic mass is 32.2. The topological polar surface area (TPSA) is 76.0 Å². The number of benzene rings is 2. The summed E-state index contributed by atoms with van der Waals surface area (Å²) in [6.45, 7) is 2.72. The van der Waals surface area contributed by atoms with E-state index in [1.54, 1.807) is 18.3 Å². The fourth-order valence-corrected chi connectivity index (χ4v) is 3.54. The first-order chi connectivity index (χ1) is 14.8. The highest BCUT2D eigenvalue weighted by Gasteiger charge is 2.30. The van der Waals surface area contributed by atoms with Gasteiger partial charge in [-0.25, -0.2) is 4.98 Å². The monoisotopic (exact) mass is 448 g/mol. The molecule has 0 fully saturated rings. The van der Waals surface area contributed by atoms with Crippen LogP contribution >= 0.6 is 11.8 Å². The van der Waals surface area contributed by atoms with Crippen molar-refractivity contribution in [3.05, 3.63) is 72.1 Å². The van der Waals surface area contributed by atoms with E-state index in [1.165, 1.54) is 36.0 Å². The molecular formula is C21H19F3N4O2S. The smallest absolute Gasteiger partial charge is 0.326 e. The van der Waals surface area contributed by atoms with Gasteiger partial charge in [-0.05, 0) is 43.3 Å². The molecule has 31 heavy (non-hydrogen) atoms. The Hall–Kier alpha value is -3.27. The molecule has 0 atom stereocenters. The lowest BCUT2D eigenvalue weighted by Crippen LogP contribution is -2.16. The number of hydrogen-bond acceptors (Lipinski definition) is 4. The molecule has 3 rings (SSSR count). The summed E-state index contributed by atoms with van der Waals surface area (Å²) in [5, 5.41) is 5.87. The zero-order valence-corrected chi connectivity index (χ0v) is 17.3. The number of thioether (sulfide) groups is 1. The van der Waals surface area contributed by atoms with Gasteiger partial charge in [0.25, 0.3) is 5.91 Å². The molecule has 1 heterocycles. The maximum absolute atomic E-state index is 12.8. The van der Waals surface area contributed by atoms with Gasteiger partial charge in [-0.15, -0.1) is 0 Å². The predicted octanol–water partition coefficient (Wildman–Crippen LogP) is 4.90. The molecule has 0 aliphatic rings. The van der Waals surface area contributed by atoms with Crippen molar-refractivity contribution in [1.29, 1.82) is 0 Å². The molecule has 3 aromatic rings. The molecule has 162 valence electrons. The fraction of sp³-hybridized carbons (Fsp3) is 0.190. The second kappa shape index (κ2) is 9.69. The minimum Gasteiger partial charge on any atom is -0.326 e. The third-order valence-corrected chi connectivity index (χ3v) is 5.21. The van der Waals surface area contributed by atoms with Crippen molar-refractivity contribution in [2.75, 3.05) is 16.4 Å². The Labute approximate surface area is 180 Å². The van der Waals surface area contributed by atoms with E-state index in [1.807, 2.05) is 17.7 Å². The summed E-state index contributed by atoms with van der Waals surface area (Å²) in [6.07, 6.45) is -1.01. The highest BCUT2D eigenvalue weighted by molar-refractivity contribution is 7.99. The molecule has 2 N–H and O–H groups in total. The van der Waals surface area contributed by atoms with Crippen LogP contribution in [0.15, 0.2) is 66.1 Å². The van der Waals surface area contributed by atoms with E-state index >= 15 is 0 Å². The number of imidazole rings is 1. The Morgan fingerprint density at radius 3 is 2.48 bits per heavy atom. The van der Waals surface area contributed by atoms with E-state index in [9.17, 15) is 22.8 Å². The molecule has 0 aliphatic carbocycles. The molecular weight excluding hydrogens is 429 g/mol. The minimum atomic E-state index is -4.50. The largest absolute Gasteiger partial charge is 0.416 e. The normalized spacial score (nSPS) is 11.2. The first kappa shape index (κ1) is 22.4. The van der Waals surface area contributed by atoms with Crippen molar-refractivity contribution in [1.82, 2.24) is 9.55 Å². The molecule has 0 bridgehead atoms. The summed E-state index contributed by atoms with van der Waals surface area (Å²) in [5.41, 5.74) is -0.227. The zero-order valence-electron chi connectivity index (χ0n) is 16.4. The standard InChI is InChI=1S/C21H19F3N4O2S/c1-2-28-10-9-25-20(28)31-13-18(29)26-16-7-3-5-14(11-16)19(30)27-17-8-4-6-15(12-17)21(22,23)24/h3-12H,2,13H2,1H3,(H,26,29)(H,27,30). The van der Waals surface area contributed by atoms with Crippen molar-refractivity contribution >= 4 is 35.0 Å². The second-order valence-electron chi connectivity index (χ2n) is 6.45. The SMILES string of the molecule is CCn1ccnc1SCC(=O)Nc1cccc(C(=O)Nc2cccc(C(F)(F)F)c2)c1. The van der Waals surface area contributed by atoms with Crippen molar-refractivity contribution in [3.8, 4) is 0 Å². The van der Waals surface area contributed by atoms with Crippen LogP contribution in [0.4, 0.5) is 24.5 Å². The molecule has 10 heteroatoms. The van der Waals surface area contributed by atoms with Gasteiger partial charge in [-0.1, -0.05) is 23.9 Å². The van der Waals surface area contributed by atoms with Crippen LogP contribution < -0.4 is 10.6 Å². The molecule has 6 nitrogen and oxygen atoms in total. The van der Waals surface area contributed by atoms with Crippen LogP contribution in [0.3, 0.4) is 0 Å². The highest BCUT2D eigenvalue weighted by Crippen LogP contribution is 2.30. The van der Waals surface area contributed by atoms with Gasteiger partial charge in [-0.2, -0.15) is 13.2 Å². The first-order valence-electron chi connectivity index (χ1n) is 9.28. The van der Waals surface area contributed by atoms with Crippen LogP contribution in [0.2, 0.25) is 0 Å². The maximum Gasteiger partial charge on any atom is 0.416 e. The number of aryl methyl sites for hydroxylation is 1. The molecule has 0 aliphatic heterocycles. The predicted molar refractivity (Wildman–Crippen MR) is 113 cm³/mol. The van der Waals surface area contributed by atoms with Crippen LogP contribution in [0.1, 0.15) is 22.8 Å². The number of amides is 2. The van der Waals surface area contributed by atoms with Crippen LogP contribution in [0.5, 0.6) is 0 Å². The van der Waals surface area contributed by atoms with Gasteiger partial charge in [0.2, 0.25) is 5.91 Å². The summed E-state index contributed by atoms with van der Waals surface area (Å²) in [4.78, 5) is 28.9. The van der Waals surface area contributed by atoms with Gasteiger partial charge in [-0.3, -0.25) is 9.59 Å². The van der Waals surface area contributed by atoms with Crippen LogP contribution in [0, 0.1) is 0 Å². The summed E-state index contributed by atoms with van der Waals surface area (Å²) >= 11 is 1.29. The van der Waals surface area contributed by atoms with Crippen LogP contribution in [-0.4, -0.2) is 27.1 Å². The Morgan fingerprint density at radius 2 is 1.77 bits per heavy atom. The molecule has 1 aromatic heterocycles. The third-order valence-electron chi connectivity index (χ3n) is 4.21. The first-order valence-corrected chi connectivity index (χ1v) is 10.3. The van der Waals surface area contributed by atoms with E-state index in [0.717, 1.165) is 23.8 Å². The van der Waals surface area contributed by atoms with Crippen LogP contribution in [-0.2, 0) is 17.5 Å². The average molecular weight is 448 g/mol. The van der Waals surface area contributed by atoms with Gasteiger partial charge >= 0.3 is 6.18 Å². The summed E-state index contributed by atoms with van der Waals surface area (Å²) < 4.78 is 40.4. The fourth-order valence-electron chi connectivity index (χ4n) is 2.72. The molecule has 0 saturated heterocycles. The van der Waals surface area contributed by atoms with Crippen molar-refractivity contribution < 1.29 is 22.8 Å². The third kappa shape index (κ3) is 6.11. The van der Waals surface area contributed by atoms with Gasteiger partial charge in [0.15, 0.2) is 5.16 Å². The van der Waals surface area contributed by atoms with Gasteiger partial charge < -0.3 is 15.2 Å². The van der Waals surface area contributed by atoms with Gasteiger partial charge in [0.1, 0.15) is 0 Å². The number of carbonyl (C=O) groups is 2. The molecule has 0 radical (unpaired) electrons. The average Bonchev–Trinajstić information content (AvgIpc) is 3.20. The zero-order chi connectivity index (χ0) is 22.4. The van der Waals surface area contributed by atoms with E-state index in [0.29, 0.717) is 5.69 Å². The van der Waals surface area contributed by atoms with E-state index in [-0.39, 0.29) is 22.9 Å².